The van der Waals surface area contributed by atoms with Gasteiger partial charge in [-0.25, -0.2) is 0 Å². The first kappa shape index (κ1) is 15.3. The second kappa shape index (κ2) is 6.11. The number of hydrogen-bond acceptors (Lipinski definition) is 1. The van der Waals surface area contributed by atoms with Crippen molar-refractivity contribution in [2.75, 3.05) is 0 Å². The van der Waals surface area contributed by atoms with Crippen molar-refractivity contribution in [2.45, 2.75) is 46.9 Å². The van der Waals surface area contributed by atoms with E-state index < -0.39 is 0 Å². The van der Waals surface area contributed by atoms with Crippen molar-refractivity contribution in [1.82, 2.24) is 0 Å². The van der Waals surface area contributed by atoms with Crippen molar-refractivity contribution < 1.29 is 0 Å². The van der Waals surface area contributed by atoms with Gasteiger partial charge in [0.15, 0.2) is 0 Å². The SMILES string of the molecule is CCC1(Cl)C=CC=CC1SC1C=CC=CC1(Cl)CC. The van der Waals surface area contributed by atoms with Crippen LogP contribution in [0.5, 0.6) is 0 Å². The summed E-state index contributed by atoms with van der Waals surface area (Å²) in [5.41, 5.74) is 0. The third-order valence-corrected chi connectivity index (χ3v) is 7.12. The molecule has 0 saturated carbocycles. The van der Waals surface area contributed by atoms with E-state index in [1.54, 1.807) is 0 Å². The summed E-state index contributed by atoms with van der Waals surface area (Å²) in [6.45, 7) is 4.27. The van der Waals surface area contributed by atoms with E-state index in [-0.39, 0.29) is 20.2 Å². The van der Waals surface area contributed by atoms with Crippen LogP contribution >= 0.6 is 35.0 Å². The normalized spacial score (nSPS) is 40.8. The molecule has 2 rings (SSSR count). The summed E-state index contributed by atoms with van der Waals surface area (Å²) in [5.74, 6) is 0. The highest BCUT2D eigenvalue weighted by molar-refractivity contribution is 8.01. The predicted octanol–water partition coefficient (Wildman–Crippen LogP) is 5.48. The van der Waals surface area contributed by atoms with Crippen LogP contribution in [0.25, 0.3) is 0 Å². The molecule has 0 heterocycles. The first-order valence-corrected chi connectivity index (χ1v) is 8.49. The van der Waals surface area contributed by atoms with Gasteiger partial charge in [0, 0.05) is 10.5 Å². The summed E-state index contributed by atoms with van der Waals surface area (Å²) in [6, 6.07) is 0. The number of thioether (sulfide) groups is 1. The van der Waals surface area contributed by atoms with Gasteiger partial charge < -0.3 is 0 Å². The maximum atomic E-state index is 6.74. The lowest BCUT2D eigenvalue weighted by molar-refractivity contribution is 0.664. The fourth-order valence-corrected chi connectivity index (χ4v) is 4.61. The largest absolute Gasteiger partial charge is 0.142 e. The molecule has 0 saturated heterocycles. The maximum absolute atomic E-state index is 6.74. The Bertz CT molecular complexity index is 398. The van der Waals surface area contributed by atoms with Crippen molar-refractivity contribution >= 4 is 35.0 Å². The smallest absolute Gasteiger partial charge is 0.0779 e. The van der Waals surface area contributed by atoms with Gasteiger partial charge in [0.05, 0.1) is 9.75 Å². The summed E-state index contributed by atoms with van der Waals surface area (Å²) in [6.07, 6.45) is 18.7. The van der Waals surface area contributed by atoms with E-state index in [0.29, 0.717) is 0 Å². The van der Waals surface area contributed by atoms with Crippen LogP contribution in [0.4, 0.5) is 0 Å². The Morgan fingerprint density at radius 1 is 0.842 bits per heavy atom. The molecular formula is C16H20Cl2S. The number of alkyl halides is 2. The fraction of sp³-hybridized carbons (Fsp3) is 0.500. The second-order valence-electron chi connectivity index (χ2n) is 5.03. The van der Waals surface area contributed by atoms with Gasteiger partial charge >= 0.3 is 0 Å². The zero-order chi connectivity index (χ0) is 13.9. The van der Waals surface area contributed by atoms with Crippen molar-refractivity contribution in [1.29, 1.82) is 0 Å². The van der Waals surface area contributed by atoms with Gasteiger partial charge in [-0.15, -0.1) is 35.0 Å². The van der Waals surface area contributed by atoms with Gasteiger partial charge in [0.1, 0.15) is 0 Å². The Kier molecular flexibility index (Phi) is 4.92. The molecule has 4 unspecified atom stereocenters. The van der Waals surface area contributed by atoms with Crippen LogP contribution in [-0.4, -0.2) is 20.2 Å². The lowest BCUT2D eigenvalue weighted by atomic mass is 9.96. The third kappa shape index (κ3) is 3.15. The van der Waals surface area contributed by atoms with E-state index in [4.69, 9.17) is 23.2 Å². The minimum Gasteiger partial charge on any atom is -0.142 e. The number of halogens is 2. The van der Waals surface area contributed by atoms with E-state index in [9.17, 15) is 0 Å². The first-order chi connectivity index (χ1) is 9.04. The standard InChI is InChI=1S/C16H20Cl2S/c1-3-15(17)11-7-5-9-13(15)19-14-10-6-8-12-16(14,18)4-2/h5-14H,3-4H2,1-2H3. The monoisotopic (exact) mass is 314 g/mol. The molecule has 0 amide bonds. The molecule has 0 nitrogen and oxygen atoms in total. The van der Waals surface area contributed by atoms with E-state index in [0.717, 1.165) is 12.8 Å². The Morgan fingerprint density at radius 2 is 1.26 bits per heavy atom. The zero-order valence-corrected chi connectivity index (χ0v) is 13.7. The van der Waals surface area contributed by atoms with Crippen LogP contribution in [-0.2, 0) is 0 Å². The molecule has 0 aromatic rings. The van der Waals surface area contributed by atoms with Crippen molar-refractivity contribution in [2.24, 2.45) is 0 Å². The molecule has 3 heteroatoms. The Morgan fingerprint density at radius 3 is 1.63 bits per heavy atom. The van der Waals surface area contributed by atoms with Crippen LogP contribution in [0.1, 0.15) is 26.7 Å². The Balaban J connectivity index is 2.16. The molecule has 0 spiro atoms. The minimum absolute atomic E-state index is 0.259. The van der Waals surface area contributed by atoms with Gasteiger partial charge in [-0.2, -0.15) is 0 Å². The number of hydrogen-bond donors (Lipinski definition) is 0. The van der Waals surface area contributed by atoms with Crippen LogP contribution in [0, 0.1) is 0 Å². The number of rotatable bonds is 4. The third-order valence-electron chi connectivity index (χ3n) is 3.86. The quantitative estimate of drug-likeness (QED) is 0.619. The highest BCUT2D eigenvalue weighted by Gasteiger charge is 2.40. The predicted molar refractivity (Wildman–Crippen MR) is 89.5 cm³/mol. The summed E-state index contributed by atoms with van der Waals surface area (Å²) >= 11 is 15.3. The fourth-order valence-electron chi connectivity index (χ4n) is 2.38. The van der Waals surface area contributed by atoms with E-state index in [2.05, 4.69) is 50.3 Å². The van der Waals surface area contributed by atoms with Gasteiger partial charge in [-0.05, 0) is 12.8 Å². The van der Waals surface area contributed by atoms with Crippen LogP contribution in [0.2, 0.25) is 0 Å². The molecule has 2 aliphatic carbocycles. The molecule has 0 radical (unpaired) electrons. The second-order valence-corrected chi connectivity index (χ2v) is 7.72. The molecule has 4 atom stereocenters. The van der Waals surface area contributed by atoms with Crippen molar-refractivity contribution in [3.8, 4) is 0 Å². The summed E-state index contributed by atoms with van der Waals surface area (Å²) < 4.78 is 0. The summed E-state index contributed by atoms with van der Waals surface area (Å²) in [7, 11) is 0. The summed E-state index contributed by atoms with van der Waals surface area (Å²) in [4.78, 5) is -0.583. The Hall–Kier alpha value is -0.110. The average Bonchev–Trinajstić information content (AvgIpc) is 2.44. The van der Waals surface area contributed by atoms with Gasteiger partial charge in [0.2, 0.25) is 0 Å². The molecule has 0 aromatic carbocycles. The molecule has 0 N–H and O–H groups in total. The van der Waals surface area contributed by atoms with E-state index in [1.165, 1.54) is 0 Å². The molecule has 0 aromatic heterocycles. The maximum Gasteiger partial charge on any atom is 0.0779 e. The molecule has 104 valence electrons. The van der Waals surface area contributed by atoms with E-state index in [1.807, 2.05) is 23.9 Å². The van der Waals surface area contributed by atoms with Gasteiger partial charge in [-0.1, -0.05) is 62.5 Å². The average molecular weight is 315 g/mol. The van der Waals surface area contributed by atoms with Gasteiger partial charge in [-0.3, -0.25) is 0 Å². The molecule has 2 aliphatic rings. The molecular weight excluding hydrogens is 295 g/mol. The van der Waals surface area contributed by atoms with Crippen LogP contribution in [0.15, 0.2) is 48.6 Å². The van der Waals surface area contributed by atoms with Crippen molar-refractivity contribution in [3.05, 3.63) is 48.6 Å². The van der Waals surface area contributed by atoms with E-state index >= 15 is 0 Å². The molecule has 0 fully saturated rings. The molecule has 0 bridgehead atoms. The molecule has 19 heavy (non-hydrogen) atoms. The first-order valence-electron chi connectivity index (χ1n) is 6.79. The van der Waals surface area contributed by atoms with Crippen molar-refractivity contribution in [3.63, 3.8) is 0 Å². The number of allylic oxidation sites excluding steroid dienone is 6. The highest BCUT2D eigenvalue weighted by Crippen LogP contribution is 2.45. The zero-order valence-electron chi connectivity index (χ0n) is 11.4. The van der Waals surface area contributed by atoms with Gasteiger partial charge in [0.25, 0.3) is 0 Å². The van der Waals surface area contributed by atoms with Crippen LogP contribution in [0.3, 0.4) is 0 Å². The lowest BCUT2D eigenvalue weighted by Gasteiger charge is -2.38. The van der Waals surface area contributed by atoms with Crippen LogP contribution < -0.4 is 0 Å². The Labute approximate surface area is 130 Å². The molecule has 0 aliphatic heterocycles. The highest BCUT2D eigenvalue weighted by atomic mass is 35.5. The summed E-state index contributed by atoms with van der Waals surface area (Å²) in [5, 5.41) is 0.519. The topological polar surface area (TPSA) is 0 Å². The lowest BCUT2D eigenvalue weighted by Crippen LogP contribution is -2.38. The minimum atomic E-state index is -0.292.